The predicted molar refractivity (Wildman–Crippen MR) is 67.7 cm³/mol. The van der Waals surface area contributed by atoms with Crippen LogP contribution in [0.25, 0.3) is 0 Å². The van der Waals surface area contributed by atoms with Crippen molar-refractivity contribution in [3.63, 3.8) is 0 Å². The van der Waals surface area contributed by atoms with Gasteiger partial charge in [-0.3, -0.25) is 9.59 Å². The molecule has 0 bridgehead atoms. The topological polar surface area (TPSA) is 76.1 Å². The molecule has 4 rings (SSSR count). The fourth-order valence-corrected chi connectivity index (χ4v) is 2.64. The van der Waals surface area contributed by atoms with Gasteiger partial charge >= 0.3 is 0 Å². The van der Waals surface area contributed by atoms with Crippen molar-refractivity contribution in [3.05, 3.63) is 48.1 Å². The molecule has 2 unspecified atom stereocenters. The third-order valence-electron chi connectivity index (χ3n) is 3.75. The second-order valence-corrected chi connectivity index (χ2v) is 5.04. The van der Waals surface area contributed by atoms with Gasteiger partial charge < -0.3 is 14.6 Å². The van der Waals surface area contributed by atoms with E-state index in [0.29, 0.717) is 11.3 Å². The van der Waals surface area contributed by atoms with Crippen LogP contribution in [-0.2, 0) is 9.53 Å². The third kappa shape index (κ3) is 1.47. The van der Waals surface area contributed by atoms with E-state index in [9.17, 15) is 14.7 Å². The molecule has 5 heteroatoms. The molecule has 1 N–H and O–H groups in total. The number of ether oxygens (including phenoxy) is 2. The average molecular weight is 270 g/mol. The SMILES string of the molecule is O=C1C=CC2(C=C1)OC2C1Oc2cc(O)ccc2C1=O. The lowest BCUT2D eigenvalue weighted by molar-refractivity contribution is -0.110. The molecule has 5 nitrogen and oxygen atoms in total. The van der Waals surface area contributed by atoms with E-state index in [1.807, 2.05) is 0 Å². The highest BCUT2D eigenvalue weighted by Gasteiger charge is 2.62. The van der Waals surface area contributed by atoms with Gasteiger partial charge in [-0.15, -0.1) is 0 Å². The molecule has 0 saturated carbocycles. The lowest BCUT2D eigenvalue weighted by Crippen LogP contribution is -2.31. The van der Waals surface area contributed by atoms with Crippen LogP contribution in [0.4, 0.5) is 0 Å². The standard InChI is InChI=1S/C15H10O5/c16-8-3-5-15(6-4-8)14(20-15)13-12(18)10-2-1-9(17)7-11(10)19-13/h1-7,13-14,17H. The largest absolute Gasteiger partial charge is 0.508 e. The number of ketones is 2. The lowest BCUT2D eigenvalue weighted by atomic mass is 9.94. The Morgan fingerprint density at radius 2 is 1.90 bits per heavy atom. The molecular weight excluding hydrogens is 260 g/mol. The molecule has 1 saturated heterocycles. The van der Waals surface area contributed by atoms with Crippen LogP contribution in [0.2, 0.25) is 0 Å². The summed E-state index contributed by atoms with van der Waals surface area (Å²) in [6.07, 6.45) is 4.98. The van der Waals surface area contributed by atoms with Crippen LogP contribution >= 0.6 is 0 Å². The van der Waals surface area contributed by atoms with E-state index in [-0.39, 0.29) is 17.3 Å². The molecule has 0 amide bonds. The van der Waals surface area contributed by atoms with Crippen LogP contribution in [0.3, 0.4) is 0 Å². The second kappa shape index (κ2) is 3.58. The first-order chi connectivity index (χ1) is 9.59. The summed E-state index contributed by atoms with van der Waals surface area (Å²) < 4.78 is 11.2. The minimum atomic E-state index is -0.741. The molecule has 1 aliphatic carbocycles. The lowest BCUT2D eigenvalue weighted by Gasteiger charge is -2.09. The van der Waals surface area contributed by atoms with E-state index in [1.165, 1.54) is 30.4 Å². The van der Waals surface area contributed by atoms with Gasteiger partial charge in [-0.1, -0.05) is 0 Å². The van der Waals surface area contributed by atoms with E-state index in [2.05, 4.69) is 0 Å². The molecule has 2 heterocycles. The minimum Gasteiger partial charge on any atom is -0.508 e. The molecule has 1 aromatic rings. The van der Waals surface area contributed by atoms with Crippen LogP contribution in [0.1, 0.15) is 10.4 Å². The van der Waals surface area contributed by atoms with Crippen LogP contribution in [0.5, 0.6) is 11.5 Å². The monoisotopic (exact) mass is 270 g/mol. The zero-order valence-corrected chi connectivity index (χ0v) is 10.3. The Hall–Kier alpha value is -2.40. The molecule has 1 fully saturated rings. The zero-order valence-electron chi connectivity index (χ0n) is 10.3. The number of phenolic OH excluding ortho intramolecular Hbond substituents is 1. The first kappa shape index (κ1) is 11.4. The molecule has 3 aliphatic rings. The number of Topliss-reactive ketones (excluding diaryl/α,β-unsaturated/α-hetero) is 1. The second-order valence-electron chi connectivity index (χ2n) is 5.04. The highest BCUT2D eigenvalue weighted by molar-refractivity contribution is 6.06. The van der Waals surface area contributed by atoms with E-state index < -0.39 is 17.8 Å². The quantitative estimate of drug-likeness (QED) is 0.775. The van der Waals surface area contributed by atoms with Crippen molar-refractivity contribution in [1.82, 2.24) is 0 Å². The number of rotatable bonds is 1. The Labute approximate surface area is 114 Å². The highest BCUT2D eigenvalue weighted by atomic mass is 16.6. The Morgan fingerprint density at radius 3 is 2.65 bits per heavy atom. The van der Waals surface area contributed by atoms with Crippen molar-refractivity contribution in [3.8, 4) is 11.5 Å². The maximum absolute atomic E-state index is 12.3. The summed E-state index contributed by atoms with van der Waals surface area (Å²) in [6.45, 7) is 0. The molecule has 1 aromatic carbocycles. The van der Waals surface area contributed by atoms with E-state index >= 15 is 0 Å². The summed E-state index contributed by atoms with van der Waals surface area (Å²) in [7, 11) is 0. The Balaban J connectivity index is 1.62. The molecule has 0 aromatic heterocycles. The van der Waals surface area contributed by atoms with E-state index in [0.717, 1.165) is 0 Å². The molecule has 2 aliphatic heterocycles. The molecule has 0 radical (unpaired) electrons. The summed E-state index contributed by atoms with van der Waals surface area (Å²) >= 11 is 0. The van der Waals surface area contributed by atoms with Crippen LogP contribution in [-0.4, -0.2) is 34.5 Å². The fourth-order valence-electron chi connectivity index (χ4n) is 2.64. The Kier molecular flexibility index (Phi) is 2.04. The Morgan fingerprint density at radius 1 is 1.15 bits per heavy atom. The summed E-state index contributed by atoms with van der Waals surface area (Å²) in [5, 5.41) is 9.41. The average Bonchev–Trinajstić information content (AvgIpc) is 3.03. The number of phenols is 1. The summed E-state index contributed by atoms with van der Waals surface area (Å²) in [4.78, 5) is 23.4. The normalized spacial score (nSPS) is 28.6. The smallest absolute Gasteiger partial charge is 0.209 e. The van der Waals surface area contributed by atoms with E-state index in [4.69, 9.17) is 9.47 Å². The first-order valence-electron chi connectivity index (χ1n) is 6.23. The summed E-state index contributed by atoms with van der Waals surface area (Å²) in [5.41, 5.74) is -0.267. The minimum absolute atomic E-state index is 0.0479. The number of epoxide rings is 1. The van der Waals surface area contributed by atoms with Crippen LogP contribution < -0.4 is 4.74 Å². The zero-order chi connectivity index (χ0) is 13.9. The number of aromatic hydroxyl groups is 1. The molecule has 2 atom stereocenters. The van der Waals surface area contributed by atoms with Crippen LogP contribution in [0, 0.1) is 0 Å². The van der Waals surface area contributed by atoms with Gasteiger partial charge in [0.25, 0.3) is 0 Å². The van der Waals surface area contributed by atoms with Gasteiger partial charge in [-0.2, -0.15) is 0 Å². The maximum Gasteiger partial charge on any atom is 0.209 e. The van der Waals surface area contributed by atoms with Crippen molar-refractivity contribution in [1.29, 1.82) is 0 Å². The van der Waals surface area contributed by atoms with Gasteiger partial charge in [0.1, 0.15) is 23.2 Å². The van der Waals surface area contributed by atoms with Gasteiger partial charge in [-0.25, -0.2) is 0 Å². The van der Waals surface area contributed by atoms with Crippen molar-refractivity contribution in [2.75, 3.05) is 0 Å². The van der Waals surface area contributed by atoms with Crippen molar-refractivity contribution in [2.45, 2.75) is 17.8 Å². The fraction of sp³-hybridized carbons (Fsp3) is 0.200. The number of fused-ring (bicyclic) bond motifs is 1. The number of benzene rings is 1. The number of carbonyl (C=O) groups excluding carboxylic acids is 2. The van der Waals surface area contributed by atoms with Gasteiger partial charge in [-0.05, 0) is 36.4 Å². The number of hydrogen-bond acceptors (Lipinski definition) is 5. The van der Waals surface area contributed by atoms with Gasteiger partial charge in [0.05, 0.1) is 5.56 Å². The Bertz CT molecular complexity index is 684. The highest BCUT2D eigenvalue weighted by Crippen LogP contribution is 2.47. The number of hydrogen-bond donors (Lipinski definition) is 1. The summed E-state index contributed by atoms with van der Waals surface area (Å²) in [6, 6.07) is 4.40. The molecule has 100 valence electrons. The number of carbonyl (C=O) groups is 2. The molecular formula is C15H10O5. The van der Waals surface area contributed by atoms with Crippen molar-refractivity contribution in [2.24, 2.45) is 0 Å². The first-order valence-corrected chi connectivity index (χ1v) is 6.23. The van der Waals surface area contributed by atoms with Gasteiger partial charge in [0.2, 0.25) is 5.78 Å². The maximum atomic E-state index is 12.3. The van der Waals surface area contributed by atoms with Gasteiger partial charge in [0.15, 0.2) is 11.9 Å². The molecule has 1 spiro atoms. The van der Waals surface area contributed by atoms with E-state index in [1.54, 1.807) is 12.2 Å². The third-order valence-corrected chi connectivity index (χ3v) is 3.75. The van der Waals surface area contributed by atoms with Crippen LogP contribution in [0.15, 0.2) is 42.5 Å². The predicted octanol–water partition coefficient (Wildman–Crippen LogP) is 1.17. The van der Waals surface area contributed by atoms with Crippen molar-refractivity contribution >= 4 is 11.6 Å². The van der Waals surface area contributed by atoms with Gasteiger partial charge in [0, 0.05) is 6.07 Å². The number of allylic oxidation sites excluding steroid dienone is 2. The van der Waals surface area contributed by atoms with Crippen molar-refractivity contribution < 1.29 is 24.2 Å². The summed E-state index contributed by atoms with van der Waals surface area (Å²) in [5.74, 6) is 0.148. The molecule has 20 heavy (non-hydrogen) atoms.